The smallest absolute Gasteiger partial charge is 0.311 e. The van der Waals surface area contributed by atoms with Gasteiger partial charge in [-0.25, -0.2) is 5.43 Å². The van der Waals surface area contributed by atoms with E-state index in [1.165, 1.54) is 6.07 Å². The predicted molar refractivity (Wildman–Crippen MR) is 51.6 cm³/mol. The van der Waals surface area contributed by atoms with Crippen molar-refractivity contribution in [1.29, 1.82) is 0 Å². The third kappa shape index (κ3) is 1.79. The lowest BCUT2D eigenvalue weighted by Crippen LogP contribution is -2.40. The number of alkyl halides is 3. The Bertz CT molecular complexity index is 373. The number of hydrazine groups is 1. The minimum absolute atomic E-state index is 0.381. The van der Waals surface area contributed by atoms with E-state index >= 15 is 0 Å². The van der Waals surface area contributed by atoms with Crippen LogP contribution in [-0.4, -0.2) is 13.6 Å². The molecule has 1 aromatic carbocycles. The van der Waals surface area contributed by atoms with Gasteiger partial charge in [-0.05, 0) is 24.1 Å². The van der Waals surface area contributed by atoms with Crippen molar-refractivity contribution in [3.63, 3.8) is 0 Å². The number of nitrogens with one attached hydrogen (secondary N) is 1. The van der Waals surface area contributed by atoms with Crippen molar-refractivity contribution in [2.45, 2.75) is 12.6 Å². The molecule has 82 valence electrons. The highest BCUT2D eigenvalue weighted by atomic mass is 19.4. The molecule has 0 radical (unpaired) electrons. The molecule has 0 spiro atoms. The van der Waals surface area contributed by atoms with E-state index in [0.717, 1.165) is 6.07 Å². The molecule has 15 heavy (non-hydrogen) atoms. The first-order chi connectivity index (χ1) is 7.00. The van der Waals surface area contributed by atoms with Gasteiger partial charge in [0.25, 0.3) is 0 Å². The van der Waals surface area contributed by atoms with E-state index in [4.69, 9.17) is 0 Å². The van der Waals surface area contributed by atoms with E-state index in [-0.39, 0.29) is 0 Å². The lowest BCUT2D eigenvalue weighted by Gasteiger charge is -2.30. The topological polar surface area (TPSA) is 15.3 Å². The van der Waals surface area contributed by atoms with Crippen LogP contribution in [0, 0.1) is 0 Å². The van der Waals surface area contributed by atoms with Crippen molar-refractivity contribution in [2.75, 3.05) is 18.6 Å². The van der Waals surface area contributed by atoms with Crippen molar-refractivity contribution < 1.29 is 13.2 Å². The third-order valence-corrected chi connectivity index (χ3v) is 2.54. The van der Waals surface area contributed by atoms with Gasteiger partial charge < -0.3 is 5.01 Å². The fourth-order valence-corrected chi connectivity index (χ4v) is 1.85. The molecule has 0 aromatic heterocycles. The highest BCUT2D eigenvalue weighted by Crippen LogP contribution is 2.36. The van der Waals surface area contributed by atoms with Gasteiger partial charge in [-0.3, -0.25) is 0 Å². The lowest BCUT2D eigenvalue weighted by molar-refractivity contribution is -0.138. The Hall–Kier alpha value is -1.23. The average Bonchev–Trinajstić information content (AvgIpc) is 2.16. The molecule has 0 bridgehead atoms. The molecule has 0 unspecified atom stereocenters. The summed E-state index contributed by atoms with van der Waals surface area (Å²) in [6.07, 6.45) is -3.85. The lowest BCUT2D eigenvalue weighted by atomic mass is 10.0. The molecule has 1 aliphatic rings. The number of anilines is 1. The van der Waals surface area contributed by atoms with Crippen molar-refractivity contribution in [2.24, 2.45) is 0 Å². The number of nitrogens with zero attached hydrogens (tertiary/aromatic N) is 1. The predicted octanol–water partition coefficient (Wildman–Crippen LogP) is 2.20. The summed E-state index contributed by atoms with van der Waals surface area (Å²) < 4.78 is 38.0. The van der Waals surface area contributed by atoms with Crippen LogP contribution < -0.4 is 10.4 Å². The molecule has 0 fully saturated rings. The first kappa shape index (κ1) is 10.3. The summed E-state index contributed by atoms with van der Waals surface area (Å²) >= 11 is 0. The molecule has 1 heterocycles. The van der Waals surface area contributed by atoms with Crippen LogP contribution in [0.1, 0.15) is 11.1 Å². The van der Waals surface area contributed by atoms with Gasteiger partial charge in [0.1, 0.15) is 0 Å². The number of rotatable bonds is 0. The second-order valence-corrected chi connectivity index (χ2v) is 3.52. The fourth-order valence-electron chi connectivity index (χ4n) is 1.85. The number of hydrogen-bond donors (Lipinski definition) is 1. The summed E-state index contributed by atoms with van der Waals surface area (Å²) in [4.78, 5) is 0. The van der Waals surface area contributed by atoms with E-state index in [1.807, 2.05) is 0 Å². The number of benzene rings is 1. The van der Waals surface area contributed by atoms with Crippen molar-refractivity contribution in [3.8, 4) is 0 Å². The molecular formula is C10H11F3N2. The van der Waals surface area contributed by atoms with Gasteiger partial charge in [-0.15, -0.1) is 0 Å². The Morgan fingerprint density at radius 2 is 2.07 bits per heavy atom. The van der Waals surface area contributed by atoms with Crippen molar-refractivity contribution >= 4 is 5.69 Å². The SMILES string of the molecule is CN1NCCc2c1cccc2C(F)(F)F. The van der Waals surface area contributed by atoms with Crippen LogP contribution >= 0.6 is 0 Å². The highest BCUT2D eigenvalue weighted by molar-refractivity contribution is 5.57. The second-order valence-electron chi connectivity index (χ2n) is 3.52. The summed E-state index contributed by atoms with van der Waals surface area (Å²) in [5.74, 6) is 0. The van der Waals surface area contributed by atoms with E-state index in [2.05, 4.69) is 5.43 Å². The fraction of sp³-hybridized carbons (Fsp3) is 0.400. The molecular weight excluding hydrogens is 205 g/mol. The van der Waals surface area contributed by atoms with E-state index < -0.39 is 11.7 Å². The summed E-state index contributed by atoms with van der Waals surface area (Å²) in [5, 5.41) is 1.63. The monoisotopic (exact) mass is 216 g/mol. The Morgan fingerprint density at radius 1 is 1.33 bits per heavy atom. The Balaban J connectivity index is 2.54. The standard InChI is InChI=1S/C10H11F3N2/c1-15-9-4-2-3-8(10(11,12)13)7(9)5-6-14-15/h2-4,14H,5-6H2,1H3. The average molecular weight is 216 g/mol. The minimum Gasteiger partial charge on any atom is -0.311 e. The molecule has 2 rings (SSSR count). The molecule has 5 heteroatoms. The summed E-state index contributed by atoms with van der Waals surface area (Å²) in [7, 11) is 1.72. The van der Waals surface area contributed by atoms with Gasteiger partial charge in [-0.1, -0.05) is 6.07 Å². The van der Waals surface area contributed by atoms with Crippen LogP contribution in [0.2, 0.25) is 0 Å². The van der Waals surface area contributed by atoms with Crippen LogP contribution in [0.25, 0.3) is 0 Å². The summed E-state index contributed by atoms with van der Waals surface area (Å²) in [6, 6.07) is 4.26. The van der Waals surface area contributed by atoms with Crippen molar-refractivity contribution in [1.82, 2.24) is 5.43 Å². The maximum atomic E-state index is 12.7. The van der Waals surface area contributed by atoms with Crippen LogP contribution in [0.4, 0.5) is 18.9 Å². The quantitative estimate of drug-likeness (QED) is 0.715. The first-order valence-electron chi connectivity index (χ1n) is 4.66. The van der Waals surface area contributed by atoms with Gasteiger partial charge in [0.05, 0.1) is 11.3 Å². The Morgan fingerprint density at radius 3 is 2.73 bits per heavy atom. The molecule has 0 saturated carbocycles. The number of halogens is 3. The second kappa shape index (κ2) is 3.41. The first-order valence-corrected chi connectivity index (χ1v) is 4.66. The largest absolute Gasteiger partial charge is 0.416 e. The molecule has 0 amide bonds. The van der Waals surface area contributed by atoms with Crippen LogP contribution in [-0.2, 0) is 12.6 Å². The van der Waals surface area contributed by atoms with Crippen LogP contribution in [0.5, 0.6) is 0 Å². The normalized spacial score (nSPS) is 16.4. The molecule has 0 aliphatic carbocycles. The summed E-state index contributed by atoms with van der Waals surface area (Å²) in [5.41, 5.74) is 3.45. The number of fused-ring (bicyclic) bond motifs is 1. The van der Waals surface area contributed by atoms with Gasteiger partial charge in [0, 0.05) is 13.6 Å². The van der Waals surface area contributed by atoms with Crippen LogP contribution in [0.3, 0.4) is 0 Å². The zero-order valence-corrected chi connectivity index (χ0v) is 8.23. The van der Waals surface area contributed by atoms with Crippen LogP contribution in [0.15, 0.2) is 18.2 Å². The van der Waals surface area contributed by atoms with Crippen molar-refractivity contribution in [3.05, 3.63) is 29.3 Å². The van der Waals surface area contributed by atoms with Gasteiger partial charge in [0.2, 0.25) is 0 Å². The molecule has 0 atom stereocenters. The van der Waals surface area contributed by atoms with E-state index in [9.17, 15) is 13.2 Å². The molecule has 1 aromatic rings. The molecule has 1 aliphatic heterocycles. The van der Waals surface area contributed by atoms with E-state index in [1.54, 1.807) is 18.1 Å². The molecule has 0 saturated heterocycles. The molecule has 1 N–H and O–H groups in total. The summed E-state index contributed by atoms with van der Waals surface area (Å²) in [6.45, 7) is 0.538. The van der Waals surface area contributed by atoms with Gasteiger partial charge in [-0.2, -0.15) is 13.2 Å². The zero-order valence-electron chi connectivity index (χ0n) is 8.23. The zero-order chi connectivity index (χ0) is 11.1. The van der Waals surface area contributed by atoms with Gasteiger partial charge >= 0.3 is 6.18 Å². The Labute approximate surface area is 85.7 Å². The van der Waals surface area contributed by atoms with E-state index in [0.29, 0.717) is 24.2 Å². The number of hydrogen-bond acceptors (Lipinski definition) is 2. The molecule has 2 nitrogen and oxygen atoms in total. The Kier molecular flexibility index (Phi) is 2.34. The minimum atomic E-state index is -4.26. The highest BCUT2D eigenvalue weighted by Gasteiger charge is 2.35. The maximum Gasteiger partial charge on any atom is 0.416 e. The third-order valence-electron chi connectivity index (χ3n) is 2.54. The maximum absolute atomic E-state index is 12.7. The van der Waals surface area contributed by atoms with Gasteiger partial charge in [0.15, 0.2) is 0 Å².